The lowest BCUT2D eigenvalue weighted by Crippen LogP contribution is -2.17. The van der Waals surface area contributed by atoms with E-state index in [-0.39, 0.29) is 11.0 Å². The molecule has 1 aliphatic carbocycles. The number of ether oxygens (including phenoxy) is 1. The molecule has 0 atom stereocenters. The Balaban J connectivity index is 2.19. The quantitative estimate of drug-likeness (QED) is 0.618. The van der Waals surface area contributed by atoms with Crippen LogP contribution in [0.2, 0.25) is 0 Å². The van der Waals surface area contributed by atoms with E-state index in [1.807, 2.05) is 0 Å². The molecule has 0 unspecified atom stereocenters. The number of halogens is 1. The highest BCUT2D eigenvalue weighted by Crippen LogP contribution is 2.20. The van der Waals surface area contributed by atoms with Gasteiger partial charge in [-0.25, -0.2) is 4.79 Å². The van der Waals surface area contributed by atoms with E-state index in [0.717, 1.165) is 12.8 Å². The summed E-state index contributed by atoms with van der Waals surface area (Å²) in [5, 5.41) is 0. The molecule has 1 rings (SSSR count). The lowest BCUT2D eigenvalue weighted by Gasteiger charge is -2.20. The van der Waals surface area contributed by atoms with Crippen LogP contribution in [0.3, 0.4) is 0 Å². The molecule has 0 bridgehead atoms. The van der Waals surface area contributed by atoms with Crippen molar-refractivity contribution in [3.63, 3.8) is 0 Å². The summed E-state index contributed by atoms with van der Waals surface area (Å²) in [5.74, 6) is 0. The van der Waals surface area contributed by atoms with E-state index in [2.05, 4.69) is 15.9 Å². The molecule has 0 radical (unpaired) electrons. The molecule has 0 heterocycles. The second kappa shape index (κ2) is 3.96. The van der Waals surface area contributed by atoms with Gasteiger partial charge in [0.15, 0.2) is 0 Å². The molecule has 1 aliphatic rings. The maximum atomic E-state index is 10.4. The summed E-state index contributed by atoms with van der Waals surface area (Å²) in [4.78, 5) is 10.1. The molecule has 0 spiro atoms. The minimum absolute atomic E-state index is 0.181. The van der Waals surface area contributed by atoms with E-state index in [1.54, 1.807) is 0 Å². The summed E-state index contributed by atoms with van der Waals surface area (Å²) in [6.07, 6.45) is 5.95. The minimum Gasteiger partial charge on any atom is -0.454 e. The standard InChI is InChI=1S/C7H11BrO2/c8-7(9)10-6-4-2-1-3-5-6/h6H,1-5H2. The Morgan fingerprint density at radius 3 is 2.40 bits per heavy atom. The topological polar surface area (TPSA) is 26.3 Å². The third kappa shape index (κ3) is 2.69. The number of hydrogen-bond donors (Lipinski definition) is 0. The molecule has 1 saturated carbocycles. The summed E-state index contributed by atoms with van der Waals surface area (Å²) >= 11 is 2.75. The molecule has 3 heteroatoms. The van der Waals surface area contributed by atoms with E-state index in [9.17, 15) is 4.79 Å². The Hall–Kier alpha value is -0.0500. The highest BCUT2D eigenvalue weighted by molar-refractivity contribution is 9.18. The normalized spacial score (nSPS) is 20.5. The Morgan fingerprint density at radius 2 is 1.90 bits per heavy atom. The summed E-state index contributed by atoms with van der Waals surface area (Å²) in [6.45, 7) is 0. The fourth-order valence-corrected chi connectivity index (χ4v) is 1.58. The lowest BCUT2D eigenvalue weighted by atomic mass is 9.98. The van der Waals surface area contributed by atoms with Crippen molar-refractivity contribution in [2.24, 2.45) is 0 Å². The van der Waals surface area contributed by atoms with Gasteiger partial charge in [-0.05, 0) is 25.7 Å². The lowest BCUT2D eigenvalue weighted by molar-refractivity contribution is 0.0979. The molecule has 0 saturated heterocycles. The molecule has 0 aliphatic heterocycles. The second-order valence-electron chi connectivity index (χ2n) is 2.62. The van der Waals surface area contributed by atoms with Gasteiger partial charge in [-0.1, -0.05) is 6.42 Å². The zero-order valence-corrected chi connectivity index (χ0v) is 7.39. The molecule has 0 amide bonds. The minimum atomic E-state index is -0.320. The number of rotatable bonds is 1. The van der Waals surface area contributed by atoms with Crippen LogP contribution in [0.1, 0.15) is 32.1 Å². The van der Waals surface area contributed by atoms with Crippen molar-refractivity contribution in [3.05, 3.63) is 0 Å². The van der Waals surface area contributed by atoms with Crippen LogP contribution in [-0.2, 0) is 4.74 Å². The highest BCUT2D eigenvalue weighted by atomic mass is 79.9. The van der Waals surface area contributed by atoms with Crippen LogP contribution in [0.25, 0.3) is 0 Å². The fraction of sp³-hybridized carbons (Fsp3) is 0.857. The van der Waals surface area contributed by atoms with E-state index in [0.29, 0.717) is 0 Å². The molecule has 1 fully saturated rings. The first-order valence-electron chi connectivity index (χ1n) is 3.65. The predicted octanol–water partition coefficient (Wildman–Crippen LogP) is 2.85. The van der Waals surface area contributed by atoms with Crippen molar-refractivity contribution in [1.29, 1.82) is 0 Å². The fourth-order valence-electron chi connectivity index (χ4n) is 1.31. The van der Waals surface area contributed by atoms with Crippen LogP contribution in [0.4, 0.5) is 4.79 Å². The zero-order valence-electron chi connectivity index (χ0n) is 5.81. The first-order chi connectivity index (χ1) is 4.79. The van der Waals surface area contributed by atoms with Gasteiger partial charge < -0.3 is 4.74 Å². The van der Waals surface area contributed by atoms with E-state index in [1.165, 1.54) is 19.3 Å². The maximum absolute atomic E-state index is 10.4. The second-order valence-corrected chi connectivity index (χ2v) is 3.26. The van der Waals surface area contributed by atoms with Gasteiger partial charge in [0.25, 0.3) is 0 Å². The molecule has 0 aromatic carbocycles. The van der Waals surface area contributed by atoms with Gasteiger partial charge in [0.1, 0.15) is 6.10 Å². The molecule has 0 aromatic heterocycles. The molecule has 58 valence electrons. The third-order valence-electron chi connectivity index (χ3n) is 1.81. The van der Waals surface area contributed by atoms with Crippen molar-refractivity contribution in [3.8, 4) is 0 Å². The third-order valence-corrected chi connectivity index (χ3v) is 2.00. The molecule has 2 nitrogen and oxygen atoms in total. The summed E-state index contributed by atoms with van der Waals surface area (Å²) in [6, 6.07) is 0. The van der Waals surface area contributed by atoms with Gasteiger partial charge in [0, 0.05) is 15.9 Å². The molecular formula is C7H11BrO2. The van der Waals surface area contributed by atoms with Crippen molar-refractivity contribution in [2.45, 2.75) is 38.2 Å². The average molecular weight is 207 g/mol. The average Bonchev–Trinajstić information content (AvgIpc) is 1.88. The van der Waals surface area contributed by atoms with Crippen LogP contribution in [0.5, 0.6) is 0 Å². The van der Waals surface area contributed by atoms with Crippen LogP contribution < -0.4 is 0 Å². The summed E-state index contributed by atoms with van der Waals surface area (Å²) in [7, 11) is 0. The van der Waals surface area contributed by atoms with Crippen LogP contribution in [-0.4, -0.2) is 11.0 Å². The Labute approximate surface area is 69.1 Å². The van der Waals surface area contributed by atoms with Gasteiger partial charge in [0.05, 0.1) is 0 Å². The molecule has 0 N–H and O–H groups in total. The number of hydrogen-bond acceptors (Lipinski definition) is 2. The van der Waals surface area contributed by atoms with Crippen LogP contribution in [0, 0.1) is 0 Å². The number of carbonyl (C=O) groups is 1. The SMILES string of the molecule is O=C(Br)OC1CCCCC1. The van der Waals surface area contributed by atoms with E-state index in [4.69, 9.17) is 4.74 Å². The van der Waals surface area contributed by atoms with Gasteiger partial charge >= 0.3 is 4.88 Å². The van der Waals surface area contributed by atoms with Crippen LogP contribution in [0.15, 0.2) is 0 Å². The maximum Gasteiger partial charge on any atom is 0.374 e. The van der Waals surface area contributed by atoms with Crippen molar-refractivity contribution in [1.82, 2.24) is 0 Å². The summed E-state index contributed by atoms with van der Waals surface area (Å²) in [5.41, 5.74) is 0. The molecule has 0 aromatic rings. The van der Waals surface area contributed by atoms with Gasteiger partial charge in [0.2, 0.25) is 0 Å². The van der Waals surface area contributed by atoms with Gasteiger partial charge in [-0.3, -0.25) is 0 Å². The van der Waals surface area contributed by atoms with Gasteiger partial charge in [-0.2, -0.15) is 0 Å². The van der Waals surface area contributed by atoms with Gasteiger partial charge in [-0.15, -0.1) is 0 Å². The zero-order chi connectivity index (χ0) is 7.40. The largest absolute Gasteiger partial charge is 0.454 e. The monoisotopic (exact) mass is 206 g/mol. The molecular weight excluding hydrogens is 196 g/mol. The predicted molar refractivity (Wildman–Crippen MR) is 42.3 cm³/mol. The number of carbonyl (C=O) groups excluding carboxylic acids is 1. The van der Waals surface area contributed by atoms with Crippen molar-refractivity contribution in [2.75, 3.05) is 0 Å². The Morgan fingerprint density at radius 1 is 1.30 bits per heavy atom. The van der Waals surface area contributed by atoms with E-state index >= 15 is 0 Å². The first kappa shape index (κ1) is 8.05. The first-order valence-corrected chi connectivity index (χ1v) is 4.44. The molecule has 10 heavy (non-hydrogen) atoms. The summed E-state index contributed by atoms with van der Waals surface area (Å²) < 4.78 is 4.97. The smallest absolute Gasteiger partial charge is 0.374 e. The Kier molecular flexibility index (Phi) is 3.19. The van der Waals surface area contributed by atoms with Crippen molar-refractivity contribution >= 4 is 20.8 Å². The van der Waals surface area contributed by atoms with Crippen LogP contribution >= 0.6 is 15.9 Å². The Bertz CT molecular complexity index is 119. The van der Waals surface area contributed by atoms with Crippen molar-refractivity contribution < 1.29 is 9.53 Å². The van der Waals surface area contributed by atoms with E-state index < -0.39 is 0 Å². The highest BCUT2D eigenvalue weighted by Gasteiger charge is 2.15.